The second kappa shape index (κ2) is 5.31. The Bertz CT molecular complexity index is 246. The average Bonchev–Trinajstić information content (AvgIpc) is 2.65. The fourth-order valence-corrected chi connectivity index (χ4v) is 0.903. The Morgan fingerprint density at radius 2 is 2.38 bits per heavy atom. The molecular weight excluding hydrogens is 170 g/mol. The van der Waals surface area contributed by atoms with Crippen molar-refractivity contribution in [3.8, 4) is 0 Å². The van der Waals surface area contributed by atoms with Gasteiger partial charge in [-0.15, -0.1) is 0 Å². The van der Waals surface area contributed by atoms with Crippen molar-refractivity contribution in [2.45, 2.75) is 12.8 Å². The van der Waals surface area contributed by atoms with Crippen molar-refractivity contribution >= 4 is 6.03 Å². The van der Waals surface area contributed by atoms with Gasteiger partial charge in [-0.05, 0) is 12.8 Å². The largest absolute Gasteiger partial charge is 0.396 e. The number of carbonyl (C=O) groups excluding carboxylic acids is 1. The summed E-state index contributed by atoms with van der Waals surface area (Å²) in [5.74, 6) is 0. The number of aliphatic hydroxyl groups is 1. The van der Waals surface area contributed by atoms with Crippen LogP contribution in [-0.2, 0) is 0 Å². The number of carbonyl (C=O) groups is 1. The molecular formula is C8H13N3O2. The highest BCUT2D eigenvalue weighted by Crippen LogP contribution is 1.87. The van der Waals surface area contributed by atoms with Gasteiger partial charge in [-0.1, -0.05) is 0 Å². The molecule has 1 rings (SSSR count). The first-order valence-electron chi connectivity index (χ1n) is 4.21. The molecule has 1 amide bonds. The van der Waals surface area contributed by atoms with Crippen molar-refractivity contribution in [1.29, 1.82) is 0 Å². The normalized spacial score (nSPS) is 9.92. The van der Waals surface area contributed by atoms with Gasteiger partial charge in [0.2, 0.25) is 0 Å². The van der Waals surface area contributed by atoms with Gasteiger partial charge < -0.3 is 10.4 Å². The van der Waals surface area contributed by atoms with E-state index in [-0.39, 0.29) is 12.6 Å². The Balaban J connectivity index is 2.19. The maximum atomic E-state index is 11.2. The lowest BCUT2D eigenvalue weighted by Crippen LogP contribution is -2.28. The number of rotatable bonds is 4. The molecule has 0 unspecified atom stereocenters. The quantitative estimate of drug-likeness (QED) is 0.656. The summed E-state index contributed by atoms with van der Waals surface area (Å²) in [5.41, 5.74) is 0. The lowest BCUT2D eigenvalue weighted by Gasteiger charge is -2.03. The summed E-state index contributed by atoms with van der Waals surface area (Å²) in [4.78, 5) is 15.0. The van der Waals surface area contributed by atoms with Gasteiger partial charge in [-0.25, -0.2) is 9.78 Å². The number of nitrogens with zero attached hydrogens (tertiary/aromatic N) is 2. The van der Waals surface area contributed by atoms with Crippen molar-refractivity contribution in [2.75, 3.05) is 13.2 Å². The Labute approximate surface area is 76.4 Å². The average molecular weight is 183 g/mol. The van der Waals surface area contributed by atoms with Gasteiger partial charge in [0, 0.05) is 25.5 Å². The molecule has 1 aromatic heterocycles. The standard InChI is InChI=1S/C8H13N3O2/c12-6-2-1-3-10-8(13)11-5-4-9-7-11/h4-5,7,12H,1-3,6H2,(H,10,13). The highest BCUT2D eigenvalue weighted by atomic mass is 16.3. The molecule has 0 fully saturated rings. The van der Waals surface area contributed by atoms with Crippen molar-refractivity contribution in [2.24, 2.45) is 0 Å². The number of unbranched alkanes of at least 4 members (excludes halogenated alkanes) is 1. The Hall–Kier alpha value is -1.36. The molecule has 72 valence electrons. The van der Waals surface area contributed by atoms with E-state index in [2.05, 4.69) is 10.3 Å². The fourth-order valence-electron chi connectivity index (χ4n) is 0.903. The van der Waals surface area contributed by atoms with Gasteiger partial charge in [-0.3, -0.25) is 4.57 Å². The number of hydrogen-bond acceptors (Lipinski definition) is 3. The number of nitrogens with one attached hydrogen (secondary N) is 1. The minimum atomic E-state index is -0.185. The molecule has 0 atom stereocenters. The summed E-state index contributed by atoms with van der Waals surface area (Å²) >= 11 is 0. The van der Waals surface area contributed by atoms with Crippen LogP contribution in [0.25, 0.3) is 0 Å². The van der Waals surface area contributed by atoms with E-state index in [1.54, 1.807) is 12.4 Å². The van der Waals surface area contributed by atoms with E-state index >= 15 is 0 Å². The lowest BCUT2D eigenvalue weighted by atomic mass is 10.3. The third-order valence-corrected chi connectivity index (χ3v) is 1.60. The lowest BCUT2D eigenvalue weighted by molar-refractivity contribution is 0.241. The second-order valence-electron chi connectivity index (χ2n) is 2.63. The van der Waals surface area contributed by atoms with Crippen LogP contribution in [0.4, 0.5) is 4.79 Å². The van der Waals surface area contributed by atoms with Gasteiger partial charge in [0.05, 0.1) is 0 Å². The van der Waals surface area contributed by atoms with Crippen LogP contribution in [0, 0.1) is 0 Å². The van der Waals surface area contributed by atoms with Gasteiger partial charge in [0.1, 0.15) is 6.33 Å². The van der Waals surface area contributed by atoms with E-state index < -0.39 is 0 Å². The highest BCUT2D eigenvalue weighted by Gasteiger charge is 2.00. The molecule has 2 N–H and O–H groups in total. The third-order valence-electron chi connectivity index (χ3n) is 1.60. The van der Waals surface area contributed by atoms with Crippen LogP contribution in [0.2, 0.25) is 0 Å². The zero-order chi connectivity index (χ0) is 9.52. The first-order valence-corrected chi connectivity index (χ1v) is 4.21. The molecule has 0 radical (unpaired) electrons. The van der Waals surface area contributed by atoms with Crippen molar-refractivity contribution in [3.63, 3.8) is 0 Å². The zero-order valence-electron chi connectivity index (χ0n) is 7.31. The molecule has 0 aromatic carbocycles. The number of amides is 1. The topological polar surface area (TPSA) is 67.2 Å². The van der Waals surface area contributed by atoms with Crippen LogP contribution in [0.1, 0.15) is 12.8 Å². The summed E-state index contributed by atoms with van der Waals surface area (Å²) < 4.78 is 1.37. The van der Waals surface area contributed by atoms with Gasteiger partial charge >= 0.3 is 6.03 Å². The van der Waals surface area contributed by atoms with E-state index in [4.69, 9.17) is 5.11 Å². The van der Waals surface area contributed by atoms with E-state index in [0.29, 0.717) is 13.0 Å². The first kappa shape index (κ1) is 9.73. The van der Waals surface area contributed by atoms with E-state index in [1.165, 1.54) is 10.9 Å². The van der Waals surface area contributed by atoms with Gasteiger partial charge in [0.15, 0.2) is 0 Å². The highest BCUT2D eigenvalue weighted by molar-refractivity contribution is 5.76. The Kier molecular flexibility index (Phi) is 3.98. The number of hydrogen-bond donors (Lipinski definition) is 2. The van der Waals surface area contributed by atoms with Gasteiger partial charge in [0.25, 0.3) is 0 Å². The van der Waals surface area contributed by atoms with Crippen molar-refractivity contribution in [1.82, 2.24) is 14.9 Å². The van der Waals surface area contributed by atoms with Crippen LogP contribution in [0.3, 0.4) is 0 Å². The molecule has 0 saturated carbocycles. The molecule has 1 heterocycles. The maximum Gasteiger partial charge on any atom is 0.326 e. The van der Waals surface area contributed by atoms with Crippen molar-refractivity contribution < 1.29 is 9.90 Å². The van der Waals surface area contributed by atoms with E-state index in [0.717, 1.165) is 6.42 Å². The predicted octanol–water partition coefficient (Wildman–Crippen LogP) is 0.213. The van der Waals surface area contributed by atoms with Crippen LogP contribution in [-0.4, -0.2) is 33.8 Å². The number of aliphatic hydroxyl groups excluding tert-OH is 1. The smallest absolute Gasteiger partial charge is 0.326 e. The van der Waals surface area contributed by atoms with Crippen LogP contribution in [0.5, 0.6) is 0 Å². The number of aromatic nitrogens is 2. The Morgan fingerprint density at radius 1 is 1.54 bits per heavy atom. The third kappa shape index (κ3) is 3.25. The SMILES string of the molecule is O=C(NCCCCO)n1ccnc1. The molecule has 0 saturated heterocycles. The minimum Gasteiger partial charge on any atom is -0.396 e. The summed E-state index contributed by atoms with van der Waals surface area (Å²) in [7, 11) is 0. The molecule has 0 aliphatic rings. The fraction of sp³-hybridized carbons (Fsp3) is 0.500. The molecule has 1 aromatic rings. The zero-order valence-corrected chi connectivity index (χ0v) is 7.31. The molecule has 5 nitrogen and oxygen atoms in total. The second-order valence-corrected chi connectivity index (χ2v) is 2.63. The van der Waals surface area contributed by atoms with Crippen molar-refractivity contribution in [3.05, 3.63) is 18.7 Å². The molecule has 0 bridgehead atoms. The maximum absolute atomic E-state index is 11.2. The van der Waals surface area contributed by atoms with Gasteiger partial charge in [-0.2, -0.15) is 0 Å². The van der Waals surface area contributed by atoms with E-state index in [1.807, 2.05) is 0 Å². The molecule has 0 aliphatic heterocycles. The molecule has 0 spiro atoms. The number of imidazole rings is 1. The van der Waals surface area contributed by atoms with Crippen LogP contribution < -0.4 is 5.32 Å². The molecule has 13 heavy (non-hydrogen) atoms. The summed E-state index contributed by atoms with van der Waals surface area (Å²) in [6.45, 7) is 0.749. The predicted molar refractivity (Wildman–Crippen MR) is 47.3 cm³/mol. The van der Waals surface area contributed by atoms with Crippen LogP contribution >= 0.6 is 0 Å². The molecule has 0 aliphatic carbocycles. The minimum absolute atomic E-state index is 0.168. The van der Waals surface area contributed by atoms with E-state index in [9.17, 15) is 4.79 Å². The monoisotopic (exact) mass is 183 g/mol. The molecule has 5 heteroatoms. The Morgan fingerprint density at radius 3 is 3.00 bits per heavy atom. The summed E-state index contributed by atoms with van der Waals surface area (Å²) in [5, 5.41) is 11.2. The summed E-state index contributed by atoms with van der Waals surface area (Å²) in [6, 6.07) is -0.185. The summed E-state index contributed by atoms with van der Waals surface area (Å²) in [6.07, 6.45) is 6.08. The van der Waals surface area contributed by atoms with Crippen LogP contribution in [0.15, 0.2) is 18.7 Å². The first-order chi connectivity index (χ1) is 6.34.